The third kappa shape index (κ3) is 6.24. The van der Waals surface area contributed by atoms with Crippen LogP contribution in [-0.4, -0.2) is 44.1 Å². The number of para-hydroxylation sites is 2. The summed E-state index contributed by atoms with van der Waals surface area (Å²) in [6, 6.07) is 7.39. The number of rotatable bonds is 10. The summed E-state index contributed by atoms with van der Waals surface area (Å²) in [5.74, 6) is 1.33. The van der Waals surface area contributed by atoms with Crippen molar-refractivity contribution >= 4 is 0 Å². The third-order valence-electron chi connectivity index (χ3n) is 2.31. The minimum atomic E-state index is -0.844. The lowest BCUT2D eigenvalue weighted by Crippen LogP contribution is -2.31. The monoisotopic (exact) mass is 266 g/mol. The van der Waals surface area contributed by atoms with Crippen molar-refractivity contribution in [1.29, 1.82) is 0 Å². The summed E-state index contributed by atoms with van der Waals surface area (Å²) in [4.78, 5) is 0. The van der Waals surface area contributed by atoms with Gasteiger partial charge in [0.1, 0.15) is 19.8 Å². The van der Waals surface area contributed by atoms with Crippen LogP contribution in [0.25, 0.3) is 0 Å². The summed E-state index contributed by atoms with van der Waals surface area (Å²) in [7, 11) is 0. The highest BCUT2D eigenvalue weighted by Gasteiger charge is 2.04. The lowest BCUT2D eigenvalue weighted by Gasteiger charge is -2.12. The largest absolute Gasteiger partial charge is 0.488 e. The molecule has 0 saturated carbocycles. The molecule has 5 nitrogen and oxygen atoms in total. The Hall–Kier alpha value is -1.56. The molecule has 0 saturated heterocycles. The smallest absolute Gasteiger partial charge is 0.161 e. The van der Waals surface area contributed by atoms with Crippen molar-refractivity contribution in [2.45, 2.75) is 6.10 Å². The molecule has 19 heavy (non-hydrogen) atoms. The first kappa shape index (κ1) is 15.5. The zero-order valence-electron chi connectivity index (χ0n) is 10.9. The van der Waals surface area contributed by atoms with Gasteiger partial charge in [0.15, 0.2) is 11.5 Å². The highest BCUT2D eigenvalue weighted by atomic mass is 16.5. The predicted octanol–water partition coefficient (Wildman–Crippen LogP) is 1.01. The summed E-state index contributed by atoms with van der Waals surface area (Å²) >= 11 is 0. The zero-order valence-corrected chi connectivity index (χ0v) is 10.9. The molecule has 0 aliphatic rings. The van der Waals surface area contributed by atoms with Crippen molar-refractivity contribution < 1.29 is 19.7 Å². The molecular formula is C14H20NO4. The molecule has 0 fully saturated rings. The Morgan fingerprint density at radius 2 is 2.00 bits per heavy atom. The van der Waals surface area contributed by atoms with Gasteiger partial charge in [-0.25, -0.2) is 5.11 Å². The van der Waals surface area contributed by atoms with Gasteiger partial charge >= 0.3 is 0 Å². The molecule has 1 aromatic carbocycles. The quantitative estimate of drug-likeness (QED) is 0.490. The topological polar surface area (TPSA) is 70.6 Å². The maximum absolute atomic E-state index is 10.3. The predicted molar refractivity (Wildman–Crippen MR) is 72.1 cm³/mol. The van der Waals surface area contributed by atoms with Gasteiger partial charge in [-0.2, -0.15) is 0 Å². The van der Waals surface area contributed by atoms with Crippen LogP contribution in [0.1, 0.15) is 0 Å². The first-order valence-electron chi connectivity index (χ1n) is 6.20. The maximum atomic E-state index is 10.3. The Bertz CT molecular complexity index is 370. The van der Waals surface area contributed by atoms with E-state index in [0.29, 0.717) is 31.3 Å². The molecule has 0 spiro atoms. The van der Waals surface area contributed by atoms with Gasteiger partial charge in [0, 0.05) is 13.1 Å². The van der Waals surface area contributed by atoms with Crippen LogP contribution in [0.2, 0.25) is 0 Å². The molecule has 1 radical (unpaired) electrons. The minimum Gasteiger partial charge on any atom is -0.488 e. The second kappa shape index (κ2) is 9.38. The molecule has 2 N–H and O–H groups in total. The van der Waals surface area contributed by atoms with E-state index in [2.05, 4.69) is 11.9 Å². The number of hydrogen-bond donors (Lipinski definition) is 2. The van der Waals surface area contributed by atoms with Crippen molar-refractivity contribution in [3.8, 4) is 11.5 Å². The van der Waals surface area contributed by atoms with Crippen molar-refractivity contribution in [3.63, 3.8) is 0 Å². The molecule has 105 valence electrons. The van der Waals surface area contributed by atoms with Gasteiger partial charge in [-0.3, -0.25) is 0 Å². The Kier molecular flexibility index (Phi) is 7.65. The van der Waals surface area contributed by atoms with Crippen LogP contribution in [-0.2, 0) is 5.11 Å². The Labute approximate surface area is 113 Å². The Balaban J connectivity index is 2.30. The van der Waals surface area contributed by atoms with Crippen molar-refractivity contribution in [1.82, 2.24) is 5.32 Å². The van der Waals surface area contributed by atoms with Gasteiger partial charge in [0.25, 0.3) is 0 Å². The number of hydrogen-bond acceptors (Lipinski definition) is 4. The van der Waals surface area contributed by atoms with Crippen LogP contribution in [0, 0.1) is 0 Å². The summed E-state index contributed by atoms with van der Waals surface area (Å²) < 4.78 is 11.0. The van der Waals surface area contributed by atoms with Gasteiger partial charge in [0.05, 0.1) is 6.10 Å². The van der Waals surface area contributed by atoms with Gasteiger partial charge in [-0.1, -0.05) is 24.8 Å². The molecule has 1 rings (SSSR count). The highest BCUT2D eigenvalue weighted by molar-refractivity contribution is 5.39. The molecule has 0 aliphatic carbocycles. The van der Waals surface area contributed by atoms with E-state index >= 15 is 0 Å². The Morgan fingerprint density at radius 3 is 2.63 bits per heavy atom. The molecule has 0 bridgehead atoms. The van der Waals surface area contributed by atoms with Crippen molar-refractivity contribution in [2.24, 2.45) is 0 Å². The molecule has 0 heterocycles. The fraction of sp³-hybridized carbons (Fsp3) is 0.429. The fourth-order valence-corrected chi connectivity index (χ4v) is 1.40. The van der Waals surface area contributed by atoms with E-state index in [9.17, 15) is 5.11 Å². The number of benzene rings is 1. The normalized spacial score (nSPS) is 11.9. The third-order valence-corrected chi connectivity index (χ3v) is 2.31. The highest BCUT2D eigenvalue weighted by Crippen LogP contribution is 2.26. The number of ether oxygens (including phenoxy) is 2. The molecule has 0 aliphatic heterocycles. The first-order valence-corrected chi connectivity index (χ1v) is 6.20. The average molecular weight is 266 g/mol. The van der Waals surface area contributed by atoms with Crippen LogP contribution < -0.4 is 14.8 Å². The second-order valence-corrected chi connectivity index (χ2v) is 3.92. The van der Waals surface area contributed by atoms with Gasteiger partial charge in [-0.15, -0.1) is 0 Å². The maximum Gasteiger partial charge on any atom is 0.161 e. The molecular weight excluding hydrogens is 246 g/mol. The lowest BCUT2D eigenvalue weighted by atomic mass is 10.3. The van der Waals surface area contributed by atoms with Crippen LogP contribution in [0.3, 0.4) is 0 Å². The van der Waals surface area contributed by atoms with Crippen molar-refractivity contribution in [3.05, 3.63) is 36.9 Å². The van der Waals surface area contributed by atoms with Crippen LogP contribution in [0.4, 0.5) is 0 Å². The van der Waals surface area contributed by atoms with E-state index in [1.807, 2.05) is 24.3 Å². The first-order chi connectivity index (χ1) is 9.27. The number of aliphatic hydroxyl groups is 1. The molecule has 0 amide bonds. The summed E-state index contributed by atoms with van der Waals surface area (Å²) in [6.07, 6.45) is 0.825. The van der Waals surface area contributed by atoms with Gasteiger partial charge in [-0.05, 0) is 12.1 Å². The number of nitrogens with one attached hydrogen (secondary N) is 1. The molecule has 5 heteroatoms. The second-order valence-electron chi connectivity index (χ2n) is 3.92. The van der Waals surface area contributed by atoms with Crippen molar-refractivity contribution in [2.75, 3.05) is 32.9 Å². The van der Waals surface area contributed by atoms with E-state index in [1.54, 1.807) is 6.08 Å². The Morgan fingerprint density at radius 1 is 1.32 bits per heavy atom. The summed E-state index contributed by atoms with van der Waals surface area (Å²) in [5.41, 5.74) is 0. The average Bonchev–Trinajstić information content (AvgIpc) is 2.45. The van der Waals surface area contributed by atoms with Crippen LogP contribution in [0.15, 0.2) is 36.9 Å². The minimum absolute atomic E-state index is 0.279. The fourth-order valence-electron chi connectivity index (χ4n) is 1.40. The molecule has 1 unspecified atom stereocenters. The molecule has 1 atom stereocenters. The van der Waals surface area contributed by atoms with E-state index < -0.39 is 12.7 Å². The van der Waals surface area contributed by atoms with Crippen LogP contribution in [0.5, 0.6) is 11.5 Å². The lowest BCUT2D eigenvalue weighted by molar-refractivity contribution is 0.0550. The summed E-state index contributed by atoms with van der Waals surface area (Å²) in [6.45, 7) is 4.78. The molecule has 1 aromatic rings. The van der Waals surface area contributed by atoms with Gasteiger partial charge < -0.3 is 19.9 Å². The molecule has 0 aromatic heterocycles. The van der Waals surface area contributed by atoms with E-state index in [-0.39, 0.29) is 6.54 Å². The zero-order chi connectivity index (χ0) is 13.9. The standard InChI is InChI=1S/C14H20NO4/c1-2-8-18-13-5-3-4-6-14(13)19-9-7-15-10-12(17)11-16/h2-6,12,15,17H,1,7-11H2. The van der Waals surface area contributed by atoms with E-state index in [0.717, 1.165) is 0 Å². The van der Waals surface area contributed by atoms with Crippen LogP contribution >= 0.6 is 0 Å². The van der Waals surface area contributed by atoms with E-state index in [4.69, 9.17) is 14.6 Å². The SMILES string of the molecule is C=CCOc1ccccc1OCCNCC(O)C[O]. The number of aliphatic hydroxyl groups excluding tert-OH is 1. The van der Waals surface area contributed by atoms with E-state index in [1.165, 1.54) is 0 Å². The summed E-state index contributed by atoms with van der Waals surface area (Å²) in [5, 5.41) is 22.3. The van der Waals surface area contributed by atoms with Gasteiger partial charge in [0.2, 0.25) is 0 Å².